The monoisotopic (exact) mass is 549 g/mol. The average Bonchev–Trinajstić information content (AvgIpc) is 3.07. The molecule has 9 nitrogen and oxygen atoms in total. The summed E-state index contributed by atoms with van der Waals surface area (Å²) >= 11 is 3.25. The van der Waals surface area contributed by atoms with Crippen LogP contribution in [0.15, 0.2) is 91.5 Å². The number of carbonyl (C=O) groups excluding carboxylic acids is 1. The molecule has 3 aromatic carbocycles. The fourth-order valence-corrected chi connectivity index (χ4v) is 5.94. The van der Waals surface area contributed by atoms with Crippen LogP contribution < -0.4 is 10.2 Å². The summed E-state index contributed by atoms with van der Waals surface area (Å²) in [6.45, 7) is 0. The first-order valence-corrected chi connectivity index (χ1v) is 13.0. The number of nitrogens with one attached hydrogen (secondary N) is 1. The van der Waals surface area contributed by atoms with Crippen molar-refractivity contribution in [1.82, 2.24) is 9.84 Å². The maximum absolute atomic E-state index is 13.5. The van der Waals surface area contributed by atoms with E-state index in [0.29, 0.717) is 14.6 Å². The van der Waals surface area contributed by atoms with E-state index in [1.807, 2.05) is 0 Å². The van der Waals surface area contributed by atoms with Gasteiger partial charge in [-0.3, -0.25) is 10.2 Å². The largest absolute Gasteiger partial charge is 0.497 e. The summed E-state index contributed by atoms with van der Waals surface area (Å²) in [4.78, 5) is 13.1. The Labute approximate surface area is 198 Å². The number of amides is 1. The number of carbonyl (C=O) groups is 1. The fourth-order valence-electron chi connectivity index (χ4n) is 3.10. The highest BCUT2D eigenvalue weighted by molar-refractivity contribution is 9.10. The lowest BCUT2D eigenvalue weighted by atomic mass is 10.2. The van der Waals surface area contributed by atoms with Crippen molar-refractivity contribution < 1.29 is 26.4 Å². The van der Waals surface area contributed by atoms with Crippen LogP contribution >= 0.6 is 15.9 Å². The minimum Gasteiger partial charge on any atom is -0.497 e. The van der Waals surface area contributed by atoms with Gasteiger partial charge < -0.3 is 4.74 Å². The van der Waals surface area contributed by atoms with Crippen molar-refractivity contribution in [3.8, 4) is 5.75 Å². The zero-order chi connectivity index (χ0) is 23.8. The van der Waals surface area contributed by atoms with E-state index in [1.54, 1.807) is 24.3 Å². The lowest BCUT2D eigenvalue weighted by Gasteiger charge is -2.24. The molecule has 1 aliphatic heterocycles. The molecule has 1 N–H and O–H groups in total. The van der Waals surface area contributed by atoms with Gasteiger partial charge in [-0.25, -0.2) is 0 Å². The number of hydrazine groups is 1. The van der Waals surface area contributed by atoms with Crippen molar-refractivity contribution in [2.24, 2.45) is 4.40 Å². The minimum absolute atomic E-state index is 0.0387. The quantitative estimate of drug-likeness (QED) is 0.496. The van der Waals surface area contributed by atoms with Crippen LogP contribution in [0.2, 0.25) is 0 Å². The summed E-state index contributed by atoms with van der Waals surface area (Å²) in [6, 6.07) is 17.6. The third-order valence-corrected chi connectivity index (χ3v) is 8.36. The summed E-state index contributed by atoms with van der Waals surface area (Å²) in [5, 5.41) is 0. The van der Waals surface area contributed by atoms with Gasteiger partial charge in [0.25, 0.3) is 26.0 Å². The highest BCUT2D eigenvalue weighted by Crippen LogP contribution is 2.27. The number of halogens is 1. The molecule has 33 heavy (non-hydrogen) atoms. The van der Waals surface area contributed by atoms with Crippen molar-refractivity contribution in [1.29, 1.82) is 0 Å². The number of sulfonamides is 2. The van der Waals surface area contributed by atoms with Crippen LogP contribution in [0.1, 0.15) is 15.9 Å². The Morgan fingerprint density at radius 1 is 1.00 bits per heavy atom. The topological polar surface area (TPSA) is 122 Å². The van der Waals surface area contributed by atoms with Gasteiger partial charge in [0.05, 0.1) is 17.6 Å². The summed E-state index contributed by atoms with van der Waals surface area (Å²) in [5.74, 6) is -0.809. The maximum atomic E-state index is 13.5. The van der Waals surface area contributed by atoms with Crippen molar-refractivity contribution in [3.63, 3.8) is 0 Å². The lowest BCUT2D eigenvalue weighted by Crippen LogP contribution is -2.49. The number of hydrogen-bond donors (Lipinski definition) is 1. The first kappa shape index (κ1) is 23.0. The molecule has 0 bridgehead atoms. The zero-order valence-corrected chi connectivity index (χ0v) is 20.2. The molecule has 0 atom stereocenters. The van der Waals surface area contributed by atoms with Gasteiger partial charge in [-0.05, 0) is 64.5 Å². The van der Waals surface area contributed by atoms with Crippen LogP contribution in [0.25, 0.3) is 0 Å². The Bertz CT molecular complexity index is 1490. The van der Waals surface area contributed by atoms with E-state index in [2.05, 4.69) is 25.8 Å². The van der Waals surface area contributed by atoms with Gasteiger partial charge >= 0.3 is 0 Å². The Balaban J connectivity index is 1.84. The highest BCUT2D eigenvalue weighted by Gasteiger charge is 2.36. The van der Waals surface area contributed by atoms with Gasteiger partial charge in [-0.1, -0.05) is 24.3 Å². The highest BCUT2D eigenvalue weighted by atomic mass is 79.9. The zero-order valence-electron chi connectivity index (χ0n) is 17.0. The molecule has 0 spiro atoms. The normalized spacial score (nSPS) is 14.2. The number of fused-ring (bicyclic) bond motifs is 1. The van der Waals surface area contributed by atoms with E-state index < -0.39 is 26.0 Å². The second-order valence-electron chi connectivity index (χ2n) is 6.75. The molecule has 0 aliphatic carbocycles. The predicted octanol–water partition coefficient (Wildman–Crippen LogP) is 2.94. The first-order valence-electron chi connectivity index (χ1n) is 9.34. The van der Waals surface area contributed by atoms with Crippen molar-refractivity contribution in [3.05, 3.63) is 88.4 Å². The third kappa shape index (κ3) is 4.24. The van der Waals surface area contributed by atoms with Crippen molar-refractivity contribution in [2.75, 3.05) is 7.11 Å². The van der Waals surface area contributed by atoms with Crippen molar-refractivity contribution in [2.45, 2.75) is 9.79 Å². The summed E-state index contributed by atoms with van der Waals surface area (Å²) < 4.78 is 61.3. The Hall–Kier alpha value is -3.22. The summed E-state index contributed by atoms with van der Waals surface area (Å²) in [7, 11) is -7.11. The Morgan fingerprint density at radius 2 is 1.64 bits per heavy atom. The molecule has 0 unspecified atom stereocenters. The van der Waals surface area contributed by atoms with E-state index in [9.17, 15) is 21.6 Å². The van der Waals surface area contributed by atoms with Crippen LogP contribution in [0.3, 0.4) is 0 Å². The number of hydrogen-bond acceptors (Lipinski definition) is 7. The summed E-state index contributed by atoms with van der Waals surface area (Å²) in [5.41, 5.74) is 2.62. The van der Waals surface area contributed by atoms with E-state index in [-0.39, 0.29) is 26.8 Å². The molecule has 0 saturated heterocycles. The number of amidine groups is 1. The second-order valence-corrected chi connectivity index (χ2v) is 11.0. The van der Waals surface area contributed by atoms with E-state index in [1.165, 1.54) is 55.6 Å². The van der Waals surface area contributed by atoms with Gasteiger partial charge in [0, 0.05) is 10.0 Å². The van der Waals surface area contributed by atoms with Gasteiger partial charge in [-0.15, -0.1) is 8.81 Å². The van der Waals surface area contributed by atoms with E-state index in [4.69, 9.17) is 4.74 Å². The maximum Gasteiger partial charge on any atom is 0.288 e. The molecular weight excluding hydrogens is 534 g/mol. The van der Waals surface area contributed by atoms with Crippen LogP contribution in [-0.4, -0.2) is 40.1 Å². The molecule has 3 aromatic rings. The van der Waals surface area contributed by atoms with Crippen molar-refractivity contribution >= 4 is 47.7 Å². The molecule has 1 aliphatic rings. The number of rotatable bonds is 4. The number of benzene rings is 3. The van der Waals surface area contributed by atoms with Crippen LogP contribution in [-0.2, 0) is 20.0 Å². The first-order chi connectivity index (χ1) is 15.6. The van der Waals surface area contributed by atoms with Crippen LogP contribution in [0.5, 0.6) is 5.75 Å². The fraction of sp³-hybridized carbons (Fsp3) is 0.0476. The van der Waals surface area contributed by atoms with Gasteiger partial charge in [0.2, 0.25) is 0 Å². The smallest absolute Gasteiger partial charge is 0.288 e. The molecule has 1 heterocycles. The van der Waals surface area contributed by atoms with E-state index >= 15 is 0 Å². The lowest BCUT2D eigenvalue weighted by molar-refractivity contribution is 0.0837. The number of nitrogens with zero attached hydrogens (tertiary/aromatic N) is 2. The molecule has 12 heteroatoms. The molecule has 1 amide bonds. The van der Waals surface area contributed by atoms with Gasteiger partial charge in [0.15, 0.2) is 5.84 Å². The van der Waals surface area contributed by atoms with Gasteiger partial charge in [0.1, 0.15) is 10.6 Å². The molecule has 0 fully saturated rings. The molecule has 0 radical (unpaired) electrons. The second kappa shape index (κ2) is 8.61. The van der Waals surface area contributed by atoms with Gasteiger partial charge in [-0.2, -0.15) is 16.8 Å². The van der Waals surface area contributed by atoms with E-state index in [0.717, 1.165) is 0 Å². The van der Waals surface area contributed by atoms with Crippen LogP contribution in [0.4, 0.5) is 0 Å². The average molecular weight is 550 g/mol. The predicted molar refractivity (Wildman–Crippen MR) is 124 cm³/mol. The SMILES string of the molecule is COc1ccc(S(=O)(=O)N(NC2=NS(=O)(=O)c3ccccc32)C(=O)c2ccccc2Br)cc1. The molecular formula is C21H16BrN3O6S2. The third-order valence-electron chi connectivity index (χ3n) is 4.73. The minimum atomic E-state index is -4.50. The Morgan fingerprint density at radius 3 is 2.30 bits per heavy atom. The standard InChI is InChI=1S/C21H16BrN3O6S2/c1-31-14-10-12-15(13-11-14)33(29,30)25(21(26)16-6-2-4-8-18(16)22)23-20-17-7-3-5-9-19(17)32(27,28)24-20/h2-13H,1H3,(H,23,24). The number of methoxy groups -OCH3 is 1. The molecule has 0 aromatic heterocycles. The number of ether oxygens (including phenoxy) is 1. The Kier molecular flexibility index (Phi) is 5.99. The summed E-state index contributed by atoms with van der Waals surface area (Å²) in [6.07, 6.45) is 0. The molecule has 0 saturated carbocycles. The van der Waals surface area contributed by atoms with Crippen LogP contribution in [0, 0.1) is 0 Å². The molecule has 170 valence electrons. The molecule has 4 rings (SSSR count).